The van der Waals surface area contributed by atoms with Gasteiger partial charge in [-0.25, -0.2) is 0 Å². The summed E-state index contributed by atoms with van der Waals surface area (Å²) in [4.78, 5) is 13.6. The van der Waals surface area contributed by atoms with Crippen molar-refractivity contribution in [2.45, 2.75) is 0 Å². The summed E-state index contributed by atoms with van der Waals surface area (Å²) in [6, 6.07) is 15.0. The van der Waals surface area contributed by atoms with E-state index in [1.54, 1.807) is 26.2 Å². The summed E-state index contributed by atoms with van der Waals surface area (Å²) in [5, 5.41) is 0. The number of nitrogens with zero attached hydrogens (tertiary/aromatic N) is 1. The Bertz CT molecular complexity index is 579. The molecular weight excluding hydrogens is 353 g/mol. The largest absolute Gasteiger partial charge is 0.457 e. The van der Waals surface area contributed by atoms with E-state index in [-0.39, 0.29) is 5.91 Å². The molecule has 3 nitrogen and oxygen atoms in total. The van der Waals surface area contributed by atoms with E-state index in [1.807, 2.05) is 36.4 Å². The van der Waals surface area contributed by atoms with Gasteiger partial charge in [-0.3, -0.25) is 4.79 Å². The second-order valence-electron chi connectivity index (χ2n) is 4.25. The molecule has 2 aromatic rings. The lowest BCUT2D eigenvalue weighted by atomic mass is 10.2. The molecule has 0 heterocycles. The first kappa shape index (κ1) is 13.9. The van der Waals surface area contributed by atoms with E-state index < -0.39 is 0 Å². The van der Waals surface area contributed by atoms with E-state index in [0.29, 0.717) is 11.3 Å². The van der Waals surface area contributed by atoms with Gasteiger partial charge < -0.3 is 9.64 Å². The van der Waals surface area contributed by atoms with Gasteiger partial charge in [-0.15, -0.1) is 0 Å². The molecule has 0 aliphatic carbocycles. The van der Waals surface area contributed by atoms with Crippen LogP contribution in [-0.4, -0.2) is 24.9 Å². The molecule has 0 unspecified atom stereocenters. The van der Waals surface area contributed by atoms with Crippen molar-refractivity contribution in [3.8, 4) is 11.5 Å². The average molecular weight is 367 g/mol. The molecule has 0 fully saturated rings. The minimum atomic E-state index is -0.0684. The van der Waals surface area contributed by atoms with E-state index in [4.69, 9.17) is 4.74 Å². The number of ether oxygens (including phenoxy) is 1. The van der Waals surface area contributed by atoms with Crippen molar-refractivity contribution in [3.05, 3.63) is 57.7 Å². The lowest BCUT2D eigenvalue weighted by molar-refractivity contribution is 0.0825. The molecule has 4 heteroatoms. The van der Waals surface area contributed by atoms with E-state index in [0.717, 1.165) is 9.32 Å². The third-order valence-electron chi connectivity index (χ3n) is 2.57. The van der Waals surface area contributed by atoms with E-state index in [2.05, 4.69) is 22.6 Å². The summed E-state index contributed by atoms with van der Waals surface area (Å²) >= 11 is 2.24. The normalized spacial score (nSPS) is 10.1. The third-order valence-corrected chi connectivity index (χ3v) is 3.28. The van der Waals surface area contributed by atoms with Gasteiger partial charge in [-0.1, -0.05) is 12.1 Å². The Kier molecular flexibility index (Phi) is 4.42. The maximum Gasteiger partial charge on any atom is 0.257 e. The number of amides is 1. The molecule has 0 spiro atoms. The Balaban J connectivity index is 2.30. The van der Waals surface area contributed by atoms with Gasteiger partial charge in [0.2, 0.25) is 0 Å². The number of carbonyl (C=O) groups excluding carboxylic acids is 1. The minimum absolute atomic E-state index is 0.0684. The molecule has 0 aliphatic rings. The number of carbonyl (C=O) groups is 1. The molecule has 2 aromatic carbocycles. The van der Waals surface area contributed by atoms with Gasteiger partial charge in [-0.2, -0.15) is 0 Å². The van der Waals surface area contributed by atoms with Crippen molar-refractivity contribution < 1.29 is 9.53 Å². The summed E-state index contributed by atoms with van der Waals surface area (Å²) in [6.45, 7) is 0. The predicted molar refractivity (Wildman–Crippen MR) is 83.7 cm³/mol. The molecule has 0 saturated heterocycles. The number of halogens is 1. The number of hydrogen-bond acceptors (Lipinski definition) is 2. The molecule has 98 valence electrons. The van der Waals surface area contributed by atoms with Crippen LogP contribution in [-0.2, 0) is 0 Å². The zero-order valence-corrected chi connectivity index (χ0v) is 12.9. The zero-order chi connectivity index (χ0) is 13.8. The van der Waals surface area contributed by atoms with Crippen molar-refractivity contribution in [3.63, 3.8) is 0 Å². The van der Waals surface area contributed by atoms with E-state index >= 15 is 0 Å². The number of rotatable bonds is 3. The number of para-hydroxylation sites is 1. The molecule has 1 amide bonds. The molecule has 0 aliphatic heterocycles. The zero-order valence-electron chi connectivity index (χ0n) is 10.8. The number of benzene rings is 2. The molecule has 0 bridgehead atoms. The Morgan fingerprint density at radius 3 is 2.32 bits per heavy atom. The van der Waals surface area contributed by atoms with Crippen molar-refractivity contribution in [2.24, 2.45) is 0 Å². The Morgan fingerprint density at radius 2 is 1.68 bits per heavy atom. The molecule has 0 N–H and O–H groups in total. The summed E-state index contributed by atoms with van der Waals surface area (Å²) < 4.78 is 6.93. The van der Waals surface area contributed by atoms with Gasteiger partial charge in [0.1, 0.15) is 11.5 Å². The van der Waals surface area contributed by atoms with Crippen molar-refractivity contribution >= 4 is 28.5 Å². The quantitative estimate of drug-likeness (QED) is 0.773. The smallest absolute Gasteiger partial charge is 0.257 e. The van der Waals surface area contributed by atoms with Crippen molar-refractivity contribution in [2.75, 3.05) is 14.1 Å². The van der Waals surface area contributed by atoms with Gasteiger partial charge in [0.15, 0.2) is 0 Å². The van der Waals surface area contributed by atoms with E-state index in [1.165, 1.54) is 4.90 Å². The maximum absolute atomic E-state index is 12.1. The minimum Gasteiger partial charge on any atom is -0.457 e. The SMILES string of the molecule is CN(C)C(=O)c1ccccc1Oc1ccc(I)cc1. The van der Waals surface area contributed by atoms with Gasteiger partial charge in [-0.05, 0) is 59.0 Å². The van der Waals surface area contributed by atoms with Crippen LogP contribution >= 0.6 is 22.6 Å². The fraction of sp³-hybridized carbons (Fsp3) is 0.133. The van der Waals surface area contributed by atoms with Crippen LogP contribution in [0.3, 0.4) is 0 Å². The van der Waals surface area contributed by atoms with Gasteiger partial charge in [0, 0.05) is 17.7 Å². The molecule has 0 saturated carbocycles. The summed E-state index contributed by atoms with van der Waals surface area (Å²) in [6.07, 6.45) is 0. The summed E-state index contributed by atoms with van der Waals surface area (Å²) in [5.41, 5.74) is 0.561. The summed E-state index contributed by atoms with van der Waals surface area (Å²) in [7, 11) is 3.45. The van der Waals surface area contributed by atoms with Crippen LogP contribution in [0, 0.1) is 3.57 Å². The van der Waals surface area contributed by atoms with Crippen LogP contribution in [0.5, 0.6) is 11.5 Å². The first-order valence-corrected chi connectivity index (χ1v) is 6.90. The second-order valence-corrected chi connectivity index (χ2v) is 5.50. The predicted octanol–water partition coefficient (Wildman–Crippen LogP) is 3.79. The Labute approximate surface area is 126 Å². The fourth-order valence-electron chi connectivity index (χ4n) is 1.60. The summed E-state index contributed by atoms with van der Waals surface area (Å²) in [5.74, 6) is 1.22. The highest BCUT2D eigenvalue weighted by Crippen LogP contribution is 2.26. The average Bonchev–Trinajstić information content (AvgIpc) is 2.41. The lowest BCUT2D eigenvalue weighted by Gasteiger charge is -2.14. The fourth-order valence-corrected chi connectivity index (χ4v) is 1.96. The molecule has 0 atom stereocenters. The molecular formula is C15H14INO2. The highest BCUT2D eigenvalue weighted by molar-refractivity contribution is 14.1. The van der Waals surface area contributed by atoms with Crippen LogP contribution in [0.1, 0.15) is 10.4 Å². The highest BCUT2D eigenvalue weighted by Gasteiger charge is 2.14. The van der Waals surface area contributed by atoms with Gasteiger partial charge in [0.05, 0.1) is 5.56 Å². The molecule has 0 aromatic heterocycles. The number of hydrogen-bond donors (Lipinski definition) is 0. The maximum atomic E-state index is 12.1. The standard InChI is InChI=1S/C15H14INO2/c1-17(2)15(18)13-5-3-4-6-14(13)19-12-9-7-11(16)8-10-12/h3-10H,1-2H3. The molecule has 19 heavy (non-hydrogen) atoms. The van der Waals surface area contributed by atoms with Crippen LogP contribution in [0.25, 0.3) is 0 Å². The molecule has 0 radical (unpaired) electrons. The first-order chi connectivity index (χ1) is 9.08. The van der Waals surface area contributed by atoms with Crippen molar-refractivity contribution in [1.82, 2.24) is 4.90 Å². The Hall–Kier alpha value is -1.56. The van der Waals surface area contributed by atoms with Crippen LogP contribution in [0.15, 0.2) is 48.5 Å². The lowest BCUT2D eigenvalue weighted by Crippen LogP contribution is -2.22. The Morgan fingerprint density at radius 1 is 1.05 bits per heavy atom. The highest BCUT2D eigenvalue weighted by atomic mass is 127. The van der Waals surface area contributed by atoms with E-state index in [9.17, 15) is 4.79 Å². The van der Waals surface area contributed by atoms with Gasteiger partial charge in [0.25, 0.3) is 5.91 Å². The van der Waals surface area contributed by atoms with Crippen LogP contribution in [0.2, 0.25) is 0 Å². The second kappa shape index (κ2) is 6.06. The first-order valence-electron chi connectivity index (χ1n) is 5.82. The van der Waals surface area contributed by atoms with Gasteiger partial charge >= 0.3 is 0 Å². The third kappa shape index (κ3) is 3.47. The monoisotopic (exact) mass is 367 g/mol. The topological polar surface area (TPSA) is 29.5 Å². The molecule has 2 rings (SSSR count). The van der Waals surface area contributed by atoms with Crippen LogP contribution < -0.4 is 4.74 Å². The van der Waals surface area contributed by atoms with Crippen LogP contribution in [0.4, 0.5) is 0 Å². The van der Waals surface area contributed by atoms with Crippen molar-refractivity contribution in [1.29, 1.82) is 0 Å².